The average molecular weight is 405 g/mol. The fraction of sp³-hybridized carbons (Fsp3) is 0.333. The highest BCUT2D eigenvalue weighted by Crippen LogP contribution is 2.37. The van der Waals surface area contributed by atoms with Gasteiger partial charge in [0.25, 0.3) is 0 Å². The minimum Gasteiger partial charge on any atom is -0.495 e. The van der Waals surface area contributed by atoms with E-state index in [1.807, 2.05) is 6.07 Å². The zero-order chi connectivity index (χ0) is 21.4. The van der Waals surface area contributed by atoms with Gasteiger partial charge in [0.2, 0.25) is 0 Å². The summed E-state index contributed by atoms with van der Waals surface area (Å²) in [5, 5.41) is 1.10. The number of methoxy groups -OCH3 is 1. The molecule has 0 heterocycles. The molecule has 0 aromatic heterocycles. The lowest BCUT2D eigenvalue weighted by Gasteiger charge is -2.27. The first-order chi connectivity index (χ1) is 13.5. The van der Waals surface area contributed by atoms with Gasteiger partial charge in [-0.15, -0.1) is 9.24 Å². The zero-order valence-electron chi connectivity index (χ0n) is 18.8. The molecule has 152 valence electrons. The molecule has 3 rings (SSSR count). The number of benzene rings is 3. The Morgan fingerprint density at radius 2 is 1.17 bits per heavy atom. The summed E-state index contributed by atoms with van der Waals surface area (Å²) < 4.78 is 5.87. The lowest BCUT2D eigenvalue weighted by molar-refractivity contribution is 0.420. The Balaban J connectivity index is 2.23. The molecular weight excluding hydrogens is 371 g/mol. The van der Waals surface area contributed by atoms with Crippen LogP contribution < -0.4 is 10.0 Å². The fourth-order valence-electron chi connectivity index (χ4n) is 3.57. The maximum absolute atomic E-state index is 5.87. The fourth-order valence-corrected chi connectivity index (χ4v) is 4.10. The van der Waals surface area contributed by atoms with Crippen LogP contribution in [-0.4, -0.2) is 7.11 Å². The van der Waals surface area contributed by atoms with Crippen molar-refractivity contribution in [3.63, 3.8) is 0 Å². The van der Waals surface area contributed by atoms with Gasteiger partial charge < -0.3 is 4.74 Å². The van der Waals surface area contributed by atoms with Crippen LogP contribution in [0.1, 0.15) is 52.7 Å². The maximum atomic E-state index is 5.87. The molecule has 3 aromatic carbocycles. The number of rotatable bonds is 3. The second-order valence-electron chi connectivity index (χ2n) is 9.77. The van der Waals surface area contributed by atoms with E-state index in [0.717, 1.165) is 16.6 Å². The van der Waals surface area contributed by atoms with Crippen molar-refractivity contribution in [3.8, 4) is 28.0 Å². The van der Waals surface area contributed by atoms with Crippen molar-refractivity contribution in [2.75, 3.05) is 7.11 Å². The Labute approximate surface area is 178 Å². The monoisotopic (exact) mass is 404 g/mol. The summed E-state index contributed by atoms with van der Waals surface area (Å²) in [4.78, 5) is 0. The van der Waals surface area contributed by atoms with Crippen molar-refractivity contribution >= 4 is 14.5 Å². The number of hydrogen-bond donors (Lipinski definition) is 0. The molecule has 0 aliphatic rings. The van der Waals surface area contributed by atoms with Crippen molar-refractivity contribution in [1.82, 2.24) is 0 Å². The van der Waals surface area contributed by atoms with E-state index in [1.54, 1.807) is 7.11 Å². The first-order valence-electron chi connectivity index (χ1n) is 10.2. The molecule has 0 aliphatic carbocycles. The largest absolute Gasteiger partial charge is 0.495 e. The SMILES string of the molecule is COc1c(-c2ccccc2)ccc(-c2cc(C(C)(C)C)cc(C(C)(C)C)c2)c1P. The van der Waals surface area contributed by atoms with Crippen molar-refractivity contribution in [2.45, 2.75) is 52.4 Å². The Morgan fingerprint density at radius 1 is 0.655 bits per heavy atom. The van der Waals surface area contributed by atoms with E-state index in [9.17, 15) is 0 Å². The highest BCUT2D eigenvalue weighted by Gasteiger charge is 2.22. The lowest BCUT2D eigenvalue weighted by atomic mass is 9.79. The van der Waals surface area contributed by atoms with Crippen molar-refractivity contribution < 1.29 is 4.74 Å². The van der Waals surface area contributed by atoms with Crippen LogP contribution >= 0.6 is 9.24 Å². The molecule has 3 aromatic rings. The molecular formula is C27H33OP. The molecule has 29 heavy (non-hydrogen) atoms. The molecule has 0 saturated carbocycles. The van der Waals surface area contributed by atoms with Crippen molar-refractivity contribution in [3.05, 3.63) is 71.8 Å². The van der Waals surface area contributed by atoms with E-state index >= 15 is 0 Å². The molecule has 1 atom stereocenters. The Bertz CT molecular complexity index is 973. The van der Waals surface area contributed by atoms with Gasteiger partial charge in [-0.2, -0.15) is 0 Å². The van der Waals surface area contributed by atoms with E-state index in [1.165, 1.54) is 27.8 Å². The topological polar surface area (TPSA) is 9.23 Å². The summed E-state index contributed by atoms with van der Waals surface area (Å²) in [6.45, 7) is 13.7. The molecule has 1 nitrogen and oxygen atoms in total. The number of ether oxygens (including phenoxy) is 1. The zero-order valence-corrected chi connectivity index (χ0v) is 19.9. The van der Waals surface area contributed by atoms with Crippen LogP contribution in [0.2, 0.25) is 0 Å². The highest BCUT2D eigenvalue weighted by atomic mass is 31.0. The molecule has 0 fully saturated rings. The summed E-state index contributed by atoms with van der Waals surface area (Å²) >= 11 is 0. The summed E-state index contributed by atoms with van der Waals surface area (Å²) in [6, 6.07) is 21.8. The van der Waals surface area contributed by atoms with Gasteiger partial charge >= 0.3 is 0 Å². The third-order valence-corrected chi connectivity index (χ3v) is 6.03. The predicted octanol–water partition coefficient (Wildman–Crippen LogP) is 7.12. The van der Waals surface area contributed by atoms with Gasteiger partial charge in [0, 0.05) is 10.9 Å². The summed E-state index contributed by atoms with van der Waals surface area (Å²) in [7, 11) is 4.67. The highest BCUT2D eigenvalue weighted by molar-refractivity contribution is 7.28. The van der Waals surface area contributed by atoms with Gasteiger partial charge in [-0.25, -0.2) is 0 Å². The molecule has 0 spiro atoms. The minimum absolute atomic E-state index is 0.0884. The van der Waals surface area contributed by atoms with E-state index < -0.39 is 0 Å². The van der Waals surface area contributed by atoms with Crippen LogP contribution in [0.3, 0.4) is 0 Å². The minimum atomic E-state index is 0.0884. The van der Waals surface area contributed by atoms with E-state index in [2.05, 4.69) is 105 Å². The Morgan fingerprint density at radius 3 is 1.66 bits per heavy atom. The van der Waals surface area contributed by atoms with Gasteiger partial charge in [0.05, 0.1) is 7.11 Å². The van der Waals surface area contributed by atoms with E-state index in [-0.39, 0.29) is 10.8 Å². The molecule has 0 aliphatic heterocycles. The summed E-state index contributed by atoms with van der Waals surface area (Å²) in [5.41, 5.74) is 7.61. The molecule has 0 bridgehead atoms. The molecule has 2 heteroatoms. The standard InChI is InChI=1S/C27H33OP/c1-26(2,3)20-15-19(16-21(17-20)27(4,5)6)23-14-13-22(24(28-7)25(23)29)18-11-9-8-10-12-18/h8-17H,29H2,1-7H3. The quantitative estimate of drug-likeness (QED) is 0.422. The Kier molecular flexibility index (Phi) is 5.93. The lowest BCUT2D eigenvalue weighted by Crippen LogP contribution is -2.17. The molecule has 0 N–H and O–H groups in total. The van der Waals surface area contributed by atoms with Crippen LogP contribution in [0.15, 0.2) is 60.7 Å². The van der Waals surface area contributed by atoms with Crippen LogP contribution in [0.25, 0.3) is 22.3 Å². The second kappa shape index (κ2) is 7.96. The van der Waals surface area contributed by atoms with E-state index in [0.29, 0.717) is 0 Å². The summed E-state index contributed by atoms with van der Waals surface area (Å²) in [5.74, 6) is 0.914. The molecule has 0 amide bonds. The second-order valence-corrected chi connectivity index (χ2v) is 10.4. The van der Waals surface area contributed by atoms with Crippen molar-refractivity contribution in [2.24, 2.45) is 0 Å². The van der Waals surface area contributed by atoms with Gasteiger partial charge in [-0.1, -0.05) is 96.1 Å². The number of hydrogen-bond acceptors (Lipinski definition) is 1. The average Bonchev–Trinajstić information content (AvgIpc) is 2.66. The Hall–Kier alpha value is -2.11. The van der Waals surface area contributed by atoms with Crippen molar-refractivity contribution in [1.29, 1.82) is 0 Å². The molecule has 0 saturated heterocycles. The van der Waals surface area contributed by atoms with Gasteiger partial charge in [0.15, 0.2) is 0 Å². The predicted molar refractivity (Wildman–Crippen MR) is 131 cm³/mol. The smallest absolute Gasteiger partial charge is 0.134 e. The summed E-state index contributed by atoms with van der Waals surface area (Å²) in [6.07, 6.45) is 0. The first kappa shape index (κ1) is 21.6. The maximum Gasteiger partial charge on any atom is 0.134 e. The van der Waals surface area contributed by atoms with Crippen LogP contribution in [0, 0.1) is 0 Å². The van der Waals surface area contributed by atoms with Crippen LogP contribution in [0.4, 0.5) is 0 Å². The normalized spacial score (nSPS) is 12.1. The van der Waals surface area contributed by atoms with Crippen LogP contribution in [0.5, 0.6) is 5.75 Å². The van der Waals surface area contributed by atoms with E-state index in [4.69, 9.17) is 4.74 Å². The molecule has 1 unspecified atom stereocenters. The van der Waals surface area contributed by atoms with Gasteiger partial charge in [-0.05, 0) is 44.7 Å². The molecule has 0 radical (unpaired) electrons. The van der Waals surface area contributed by atoms with Gasteiger partial charge in [-0.3, -0.25) is 0 Å². The third-order valence-electron chi connectivity index (χ3n) is 5.46. The van der Waals surface area contributed by atoms with Crippen LogP contribution in [-0.2, 0) is 10.8 Å². The third kappa shape index (κ3) is 4.57. The first-order valence-corrected chi connectivity index (χ1v) is 10.8. The van der Waals surface area contributed by atoms with Gasteiger partial charge in [0.1, 0.15) is 5.75 Å².